The van der Waals surface area contributed by atoms with Crippen LogP contribution >= 0.6 is 0 Å². The van der Waals surface area contributed by atoms with Crippen LogP contribution in [-0.2, 0) is 14.3 Å². The molecule has 0 fully saturated rings. The predicted molar refractivity (Wildman–Crippen MR) is 112 cm³/mol. The first kappa shape index (κ1) is 20.2. The standard InChI is InChI=1S/C24H19NO6/c26-22(25-23(27)21-14-29-19-8-4-5-9-20(19)31-21)15-30-24(28)18-12-10-17(11-13-18)16-6-2-1-3-7-16/h1-13,21H,14-15H2,(H,25,26,27)/t21-/m0/s1. The van der Waals surface area contributed by atoms with Crippen LogP contribution in [0.5, 0.6) is 11.5 Å². The van der Waals surface area contributed by atoms with Crippen LogP contribution in [0.15, 0.2) is 78.9 Å². The molecule has 3 aromatic rings. The van der Waals surface area contributed by atoms with E-state index in [1.54, 1.807) is 48.5 Å². The van der Waals surface area contributed by atoms with Crippen molar-refractivity contribution in [1.82, 2.24) is 5.32 Å². The monoisotopic (exact) mass is 417 g/mol. The minimum atomic E-state index is -0.972. The number of imide groups is 1. The molecule has 0 aliphatic carbocycles. The Morgan fingerprint density at radius 3 is 2.23 bits per heavy atom. The SMILES string of the molecule is O=C(COC(=O)c1ccc(-c2ccccc2)cc1)NC(=O)[C@@H]1COc2ccccc2O1. The zero-order valence-electron chi connectivity index (χ0n) is 16.4. The molecule has 0 saturated heterocycles. The number of carbonyl (C=O) groups is 3. The second-order valence-corrected chi connectivity index (χ2v) is 6.80. The largest absolute Gasteiger partial charge is 0.485 e. The molecule has 7 nitrogen and oxygen atoms in total. The highest BCUT2D eigenvalue weighted by Crippen LogP contribution is 2.30. The Balaban J connectivity index is 1.27. The van der Waals surface area contributed by atoms with Gasteiger partial charge >= 0.3 is 5.97 Å². The van der Waals surface area contributed by atoms with Crippen LogP contribution in [0.2, 0.25) is 0 Å². The van der Waals surface area contributed by atoms with Gasteiger partial charge in [0.25, 0.3) is 11.8 Å². The molecule has 3 aromatic carbocycles. The van der Waals surface area contributed by atoms with Crippen molar-refractivity contribution in [2.24, 2.45) is 0 Å². The van der Waals surface area contributed by atoms with Gasteiger partial charge in [0.2, 0.25) is 6.10 Å². The van der Waals surface area contributed by atoms with Crippen LogP contribution in [0, 0.1) is 0 Å². The third-order valence-electron chi connectivity index (χ3n) is 4.63. The van der Waals surface area contributed by atoms with E-state index in [1.165, 1.54) is 0 Å². The van der Waals surface area contributed by atoms with Crippen molar-refractivity contribution in [3.63, 3.8) is 0 Å². The molecule has 0 unspecified atom stereocenters. The van der Waals surface area contributed by atoms with Gasteiger partial charge in [-0.2, -0.15) is 0 Å². The fourth-order valence-corrected chi connectivity index (χ4v) is 3.05. The van der Waals surface area contributed by atoms with Gasteiger partial charge in [0.05, 0.1) is 5.56 Å². The minimum absolute atomic E-state index is 0.0241. The normalized spacial score (nSPS) is 14.4. The quantitative estimate of drug-likeness (QED) is 0.642. The first-order chi connectivity index (χ1) is 15.1. The lowest BCUT2D eigenvalue weighted by atomic mass is 10.0. The van der Waals surface area contributed by atoms with Crippen molar-refractivity contribution in [3.05, 3.63) is 84.4 Å². The summed E-state index contributed by atoms with van der Waals surface area (Å²) in [4.78, 5) is 36.4. The smallest absolute Gasteiger partial charge is 0.338 e. The molecule has 0 spiro atoms. The number of hydrogen-bond acceptors (Lipinski definition) is 6. The van der Waals surface area contributed by atoms with Crippen LogP contribution in [0.4, 0.5) is 0 Å². The molecule has 1 aliphatic rings. The highest BCUT2D eigenvalue weighted by Gasteiger charge is 2.28. The van der Waals surface area contributed by atoms with Gasteiger partial charge in [-0.25, -0.2) is 4.79 Å². The molecule has 0 saturated carbocycles. The van der Waals surface area contributed by atoms with Crippen LogP contribution in [0.3, 0.4) is 0 Å². The first-order valence-electron chi connectivity index (χ1n) is 9.65. The number of amides is 2. The molecule has 4 rings (SSSR count). The van der Waals surface area contributed by atoms with E-state index in [4.69, 9.17) is 14.2 Å². The molecule has 156 valence electrons. The molecule has 1 heterocycles. The number of hydrogen-bond donors (Lipinski definition) is 1. The van der Waals surface area contributed by atoms with Crippen molar-refractivity contribution in [2.45, 2.75) is 6.10 Å². The van der Waals surface area contributed by atoms with Crippen molar-refractivity contribution in [1.29, 1.82) is 0 Å². The molecule has 1 aliphatic heterocycles. The summed E-state index contributed by atoms with van der Waals surface area (Å²) >= 11 is 0. The van der Waals surface area contributed by atoms with Gasteiger partial charge in [-0.15, -0.1) is 0 Å². The third kappa shape index (κ3) is 4.90. The van der Waals surface area contributed by atoms with Crippen molar-refractivity contribution >= 4 is 17.8 Å². The molecule has 0 radical (unpaired) electrons. The van der Waals surface area contributed by atoms with E-state index < -0.39 is 30.5 Å². The van der Waals surface area contributed by atoms with Crippen LogP contribution in [0.25, 0.3) is 11.1 Å². The molecular weight excluding hydrogens is 398 g/mol. The summed E-state index contributed by atoms with van der Waals surface area (Å²) < 4.78 is 16.0. The van der Waals surface area contributed by atoms with E-state index in [-0.39, 0.29) is 6.61 Å². The molecular formula is C24H19NO6. The highest BCUT2D eigenvalue weighted by molar-refractivity contribution is 5.99. The number of esters is 1. The Kier molecular flexibility index (Phi) is 5.93. The minimum Gasteiger partial charge on any atom is -0.485 e. The number of rotatable bonds is 5. The average molecular weight is 417 g/mol. The second-order valence-electron chi connectivity index (χ2n) is 6.80. The number of benzene rings is 3. The molecule has 7 heteroatoms. The van der Waals surface area contributed by atoms with Gasteiger partial charge in [0.1, 0.15) is 6.61 Å². The average Bonchev–Trinajstić information content (AvgIpc) is 2.83. The fraction of sp³-hybridized carbons (Fsp3) is 0.125. The van der Waals surface area contributed by atoms with Gasteiger partial charge in [-0.05, 0) is 35.4 Å². The Labute approximate surface area is 178 Å². The van der Waals surface area contributed by atoms with Crippen molar-refractivity contribution in [3.8, 4) is 22.6 Å². The third-order valence-corrected chi connectivity index (χ3v) is 4.63. The van der Waals surface area contributed by atoms with Gasteiger partial charge in [-0.1, -0.05) is 54.6 Å². The number of ether oxygens (including phenoxy) is 3. The summed E-state index contributed by atoms with van der Waals surface area (Å²) in [6.45, 7) is -0.612. The van der Waals surface area contributed by atoms with Crippen LogP contribution in [0.1, 0.15) is 10.4 Å². The highest BCUT2D eigenvalue weighted by atomic mass is 16.6. The lowest BCUT2D eigenvalue weighted by Crippen LogP contribution is -2.47. The van der Waals surface area contributed by atoms with E-state index in [0.717, 1.165) is 11.1 Å². The number of fused-ring (bicyclic) bond motifs is 1. The van der Waals surface area contributed by atoms with Gasteiger partial charge < -0.3 is 14.2 Å². The summed E-state index contributed by atoms with van der Waals surface area (Å²) in [6, 6.07) is 23.5. The number of carbonyl (C=O) groups excluding carboxylic acids is 3. The lowest BCUT2D eigenvalue weighted by Gasteiger charge is -2.25. The van der Waals surface area contributed by atoms with Crippen molar-refractivity contribution in [2.75, 3.05) is 13.2 Å². The van der Waals surface area contributed by atoms with E-state index in [0.29, 0.717) is 17.1 Å². The van der Waals surface area contributed by atoms with E-state index in [1.807, 2.05) is 30.3 Å². The van der Waals surface area contributed by atoms with Gasteiger partial charge in [-0.3, -0.25) is 14.9 Å². The van der Waals surface area contributed by atoms with Gasteiger partial charge in [0, 0.05) is 0 Å². The molecule has 1 atom stereocenters. The molecule has 0 bridgehead atoms. The fourth-order valence-electron chi connectivity index (χ4n) is 3.05. The first-order valence-corrected chi connectivity index (χ1v) is 9.65. The summed E-state index contributed by atoms with van der Waals surface area (Å²) in [5, 5.41) is 2.16. The number of para-hydroxylation sites is 2. The molecule has 2 amide bonds. The maximum atomic E-state index is 12.2. The lowest BCUT2D eigenvalue weighted by molar-refractivity contribution is -0.137. The Bertz CT molecular complexity index is 1090. The van der Waals surface area contributed by atoms with Crippen molar-refractivity contribution < 1.29 is 28.6 Å². The van der Waals surface area contributed by atoms with E-state index >= 15 is 0 Å². The Hall–Kier alpha value is -4.13. The number of nitrogens with one attached hydrogen (secondary N) is 1. The summed E-state index contributed by atoms with van der Waals surface area (Å²) in [5.41, 5.74) is 2.29. The maximum Gasteiger partial charge on any atom is 0.338 e. The second kappa shape index (κ2) is 9.13. The maximum absolute atomic E-state index is 12.2. The van der Waals surface area contributed by atoms with E-state index in [2.05, 4.69) is 5.32 Å². The summed E-state index contributed by atoms with van der Waals surface area (Å²) in [5.74, 6) is -1.12. The Morgan fingerprint density at radius 2 is 1.48 bits per heavy atom. The van der Waals surface area contributed by atoms with E-state index in [9.17, 15) is 14.4 Å². The molecule has 1 N–H and O–H groups in total. The zero-order valence-corrected chi connectivity index (χ0v) is 16.4. The van der Waals surface area contributed by atoms with Crippen LogP contribution < -0.4 is 14.8 Å². The van der Waals surface area contributed by atoms with Crippen LogP contribution in [-0.4, -0.2) is 37.1 Å². The topological polar surface area (TPSA) is 90.9 Å². The molecule has 0 aromatic heterocycles. The predicted octanol–water partition coefficient (Wildman–Crippen LogP) is 2.99. The molecule has 31 heavy (non-hydrogen) atoms. The Morgan fingerprint density at radius 1 is 0.839 bits per heavy atom. The summed E-state index contributed by atoms with van der Waals surface area (Å²) in [6.07, 6.45) is -0.972. The van der Waals surface area contributed by atoms with Gasteiger partial charge in [0.15, 0.2) is 18.1 Å². The summed E-state index contributed by atoms with van der Waals surface area (Å²) in [7, 11) is 0. The zero-order chi connectivity index (χ0) is 21.6.